The number of piperidine rings is 1. The van der Waals surface area contributed by atoms with Crippen LogP contribution in [0.4, 0.5) is 10.1 Å². The number of sulfonamides is 1. The third-order valence-corrected chi connectivity index (χ3v) is 7.08. The molecule has 0 unspecified atom stereocenters. The van der Waals surface area contributed by atoms with E-state index in [1.807, 2.05) is 6.92 Å². The number of carbonyl (C=O) groups is 1. The molecule has 5 nitrogen and oxygen atoms in total. The molecule has 0 atom stereocenters. The summed E-state index contributed by atoms with van der Waals surface area (Å²) in [5.41, 5.74) is 1.11. The average Bonchev–Trinajstić information content (AvgIpc) is 2.64. The molecule has 2 aromatic carbocycles. The van der Waals surface area contributed by atoms with Crippen LogP contribution < -0.4 is 5.32 Å². The zero-order chi connectivity index (χ0) is 19.6. The van der Waals surface area contributed by atoms with Gasteiger partial charge in [0.2, 0.25) is 15.9 Å². The molecule has 0 radical (unpaired) electrons. The highest BCUT2D eigenvalue weighted by atomic mass is 79.9. The minimum absolute atomic E-state index is 0.123. The van der Waals surface area contributed by atoms with Crippen LogP contribution in [0.25, 0.3) is 0 Å². The van der Waals surface area contributed by atoms with Crippen LogP contribution in [-0.4, -0.2) is 31.7 Å². The van der Waals surface area contributed by atoms with Crippen molar-refractivity contribution in [3.63, 3.8) is 0 Å². The zero-order valence-electron chi connectivity index (χ0n) is 14.8. The van der Waals surface area contributed by atoms with Gasteiger partial charge in [0.25, 0.3) is 0 Å². The molecule has 1 N–H and O–H groups in total. The minimum Gasteiger partial charge on any atom is -0.323 e. The molecule has 0 saturated carbocycles. The fraction of sp³-hybridized carbons (Fsp3) is 0.316. The van der Waals surface area contributed by atoms with Crippen molar-refractivity contribution in [1.82, 2.24) is 4.31 Å². The van der Waals surface area contributed by atoms with Gasteiger partial charge < -0.3 is 5.32 Å². The van der Waals surface area contributed by atoms with Gasteiger partial charge in [0.05, 0.1) is 10.6 Å². The van der Waals surface area contributed by atoms with Crippen molar-refractivity contribution < 1.29 is 17.6 Å². The summed E-state index contributed by atoms with van der Waals surface area (Å²) in [7, 11) is -3.56. The Hall–Kier alpha value is -1.77. The van der Waals surface area contributed by atoms with E-state index in [1.165, 1.54) is 16.4 Å². The largest absolute Gasteiger partial charge is 0.323 e. The van der Waals surface area contributed by atoms with Crippen LogP contribution in [0, 0.1) is 18.7 Å². The fourth-order valence-electron chi connectivity index (χ4n) is 3.04. The Bertz CT molecular complexity index is 940. The molecule has 1 aliphatic rings. The van der Waals surface area contributed by atoms with E-state index in [9.17, 15) is 17.6 Å². The Balaban J connectivity index is 1.62. The van der Waals surface area contributed by atoms with Gasteiger partial charge in [-0.2, -0.15) is 4.31 Å². The van der Waals surface area contributed by atoms with E-state index in [0.717, 1.165) is 5.56 Å². The van der Waals surface area contributed by atoms with Gasteiger partial charge >= 0.3 is 0 Å². The highest BCUT2D eigenvalue weighted by Crippen LogP contribution is 2.26. The van der Waals surface area contributed by atoms with Crippen LogP contribution in [0.5, 0.6) is 0 Å². The van der Waals surface area contributed by atoms with Crippen molar-refractivity contribution in [2.45, 2.75) is 24.7 Å². The molecule has 8 heteroatoms. The molecule has 1 fully saturated rings. The molecule has 0 bridgehead atoms. The summed E-state index contributed by atoms with van der Waals surface area (Å²) in [6, 6.07) is 11.1. The van der Waals surface area contributed by atoms with E-state index in [2.05, 4.69) is 21.2 Å². The van der Waals surface area contributed by atoms with Crippen molar-refractivity contribution in [3.05, 3.63) is 58.3 Å². The SMILES string of the molecule is Cc1ccc(S(=O)(=O)N2CCC(C(=O)Nc3ccc(Br)cc3F)CC2)cc1. The number of nitrogens with zero attached hydrogens (tertiary/aromatic N) is 1. The molecular weight excluding hydrogens is 435 g/mol. The predicted molar refractivity (Wildman–Crippen MR) is 105 cm³/mol. The molecule has 0 aromatic heterocycles. The topological polar surface area (TPSA) is 66.5 Å². The smallest absolute Gasteiger partial charge is 0.243 e. The highest BCUT2D eigenvalue weighted by Gasteiger charge is 2.32. The van der Waals surface area contributed by atoms with Crippen molar-refractivity contribution in [1.29, 1.82) is 0 Å². The third-order valence-electron chi connectivity index (χ3n) is 4.67. The second-order valence-electron chi connectivity index (χ2n) is 6.60. The zero-order valence-corrected chi connectivity index (χ0v) is 17.2. The van der Waals surface area contributed by atoms with Crippen LogP contribution in [0.2, 0.25) is 0 Å². The Morgan fingerprint density at radius 2 is 1.78 bits per heavy atom. The first-order valence-electron chi connectivity index (χ1n) is 8.60. The number of hydrogen-bond acceptors (Lipinski definition) is 3. The molecule has 1 amide bonds. The lowest BCUT2D eigenvalue weighted by Crippen LogP contribution is -2.41. The lowest BCUT2D eigenvalue weighted by molar-refractivity contribution is -0.120. The summed E-state index contributed by atoms with van der Waals surface area (Å²) >= 11 is 3.17. The number of rotatable bonds is 4. The number of aryl methyl sites for hydroxylation is 1. The van der Waals surface area contributed by atoms with E-state index >= 15 is 0 Å². The number of benzene rings is 2. The Morgan fingerprint density at radius 3 is 2.37 bits per heavy atom. The van der Waals surface area contributed by atoms with Crippen LogP contribution in [0.3, 0.4) is 0 Å². The van der Waals surface area contributed by atoms with Crippen molar-refractivity contribution in [3.8, 4) is 0 Å². The van der Waals surface area contributed by atoms with Crippen LogP contribution in [0.1, 0.15) is 18.4 Å². The molecular formula is C19H20BrFN2O3S. The number of anilines is 1. The van der Waals surface area contributed by atoms with Crippen molar-refractivity contribution >= 4 is 37.5 Å². The van der Waals surface area contributed by atoms with E-state index in [-0.39, 0.29) is 35.5 Å². The van der Waals surface area contributed by atoms with E-state index in [4.69, 9.17) is 0 Å². The number of nitrogens with one attached hydrogen (secondary N) is 1. The normalized spacial score (nSPS) is 16.3. The maximum atomic E-state index is 13.9. The Labute approximate surface area is 166 Å². The molecule has 1 aliphatic heterocycles. The summed E-state index contributed by atoms with van der Waals surface area (Å²) in [5.74, 6) is -1.15. The summed E-state index contributed by atoms with van der Waals surface area (Å²) in [4.78, 5) is 12.7. The molecule has 0 aliphatic carbocycles. The Kier molecular flexibility index (Phi) is 5.98. The van der Waals surface area contributed by atoms with Gasteiger partial charge in [-0.25, -0.2) is 12.8 Å². The first kappa shape index (κ1) is 20.0. The monoisotopic (exact) mass is 454 g/mol. The molecule has 1 heterocycles. The van der Waals surface area contributed by atoms with Gasteiger partial charge in [0, 0.05) is 23.5 Å². The van der Waals surface area contributed by atoms with Crippen LogP contribution >= 0.6 is 15.9 Å². The molecule has 1 saturated heterocycles. The minimum atomic E-state index is -3.56. The maximum Gasteiger partial charge on any atom is 0.243 e. The highest BCUT2D eigenvalue weighted by molar-refractivity contribution is 9.10. The van der Waals surface area contributed by atoms with Crippen LogP contribution in [-0.2, 0) is 14.8 Å². The number of amides is 1. The Morgan fingerprint density at radius 1 is 1.15 bits per heavy atom. The summed E-state index contributed by atoms with van der Waals surface area (Å²) < 4.78 is 41.3. The molecule has 3 rings (SSSR count). The van der Waals surface area contributed by atoms with Crippen LogP contribution in [0.15, 0.2) is 51.8 Å². The summed E-state index contributed by atoms with van der Waals surface area (Å²) in [6.45, 7) is 2.42. The molecule has 2 aromatic rings. The number of hydrogen-bond donors (Lipinski definition) is 1. The van der Waals surface area contributed by atoms with Gasteiger partial charge in [-0.15, -0.1) is 0 Å². The van der Waals surface area contributed by atoms with Crippen molar-refractivity contribution in [2.75, 3.05) is 18.4 Å². The fourth-order valence-corrected chi connectivity index (χ4v) is 4.85. The lowest BCUT2D eigenvalue weighted by atomic mass is 9.97. The quantitative estimate of drug-likeness (QED) is 0.760. The summed E-state index contributed by atoms with van der Waals surface area (Å²) in [6.07, 6.45) is 0.796. The van der Waals surface area contributed by atoms with E-state index in [0.29, 0.717) is 17.3 Å². The van der Waals surface area contributed by atoms with Gasteiger partial charge in [0.1, 0.15) is 5.82 Å². The standard InChI is InChI=1S/C19H20BrFN2O3S/c1-13-2-5-16(6-3-13)27(25,26)23-10-8-14(9-11-23)19(24)22-18-7-4-15(20)12-17(18)21/h2-7,12,14H,8-11H2,1H3,(H,22,24). The molecule has 144 valence electrons. The van der Waals surface area contributed by atoms with Gasteiger partial charge in [-0.05, 0) is 50.1 Å². The van der Waals surface area contributed by atoms with E-state index in [1.54, 1.807) is 30.3 Å². The molecule has 0 spiro atoms. The summed E-state index contributed by atoms with van der Waals surface area (Å²) in [5, 5.41) is 2.60. The first-order valence-corrected chi connectivity index (χ1v) is 10.8. The van der Waals surface area contributed by atoms with Gasteiger partial charge in [-0.1, -0.05) is 33.6 Å². The molecule has 27 heavy (non-hydrogen) atoms. The van der Waals surface area contributed by atoms with Gasteiger partial charge in [-0.3, -0.25) is 4.79 Å². The number of halogens is 2. The van der Waals surface area contributed by atoms with Gasteiger partial charge in [0.15, 0.2) is 0 Å². The second kappa shape index (κ2) is 8.08. The first-order chi connectivity index (χ1) is 12.8. The number of carbonyl (C=O) groups excluding carboxylic acids is 1. The average molecular weight is 455 g/mol. The van der Waals surface area contributed by atoms with E-state index < -0.39 is 15.8 Å². The maximum absolute atomic E-state index is 13.9. The third kappa shape index (κ3) is 4.56. The van der Waals surface area contributed by atoms with Crippen molar-refractivity contribution in [2.24, 2.45) is 5.92 Å². The lowest BCUT2D eigenvalue weighted by Gasteiger charge is -2.30. The predicted octanol–water partition coefficient (Wildman–Crippen LogP) is 3.94. The second-order valence-corrected chi connectivity index (χ2v) is 9.46.